The number of nitrogens with one attached hydrogen (secondary N) is 2. The molecule has 0 atom stereocenters. The summed E-state index contributed by atoms with van der Waals surface area (Å²) in [7, 11) is 1.77. The number of furan rings is 1. The van der Waals surface area contributed by atoms with E-state index < -0.39 is 0 Å². The summed E-state index contributed by atoms with van der Waals surface area (Å²) in [5.74, 6) is 1.99. The Morgan fingerprint density at radius 2 is 1.89 bits per heavy atom. The van der Waals surface area contributed by atoms with E-state index in [1.54, 1.807) is 13.4 Å². The van der Waals surface area contributed by atoms with E-state index >= 15 is 0 Å². The first-order valence-electron chi connectivity index (χ1n) is 10.6. The highest BCUT2D eigenvalue weighted by atomic mass is 16.5. The molecule has 1 aliphatic heterocycles. The van der Waals surface area contributed by atoms with Crippen LogP contribution in [0.25, 0.3) is 0 Å². The molecular formula is C21H36N4O2. The van der Waals surface area contributed by atoms with Crippen LogP contribution in [-0.4, -0.2) is 62.8 Å². The van der Waals surface area contributed by atoms with Crippen LogP contribution in [0.2, 0.25) is 0 Å². The fraction of sp³-hybridized carbons (Fsp3) is 0.762. The van der Waals surface area contributed by atoms with Gasteiger partial charge in [-0.15, -0.1) is 0 Å². The van der Waals surface area contributed by atoms with Gasteiger partial charge in [-0.1, -0.05) is 19.3 Å². The molecule has 2 fully saturated rings. The van der Waals surface area contributed by atoms with Crippen LogP contribution in [0.5, 0.6) is 0 Å². The average molecular weight is 377 g/mol. The minimum absolute atomic E-state index is 0.502. The number of ether oxygens (including phenoxy) is 1. The maximum atomic E-state index is 5.43. The Bertz CT molecular complexity index is 532. The van der Waals surface area contributed by atoms with Gasteiger partial charge < -0.3 is 24.7 Å². The number of rotatable bonds is 8. The first-order chi connectivity index (χ1) is 13.3. The number of aliphatic imine (C=N–C) groups is 1. The Balaban J connectivity index is 1.49. The molecule has 0 spiro atoms. The molecule has 2 N–H and O–H groups in total. The van der Waals surface area contributed by atoms with E-state index in [1.165, 1.54) is 32.1 Å². The molecule has 0 radical (unpaired) electrons. The van der Waals surface area contributed by atoms with E-state index in [0.717, 1.165) is 63.8 Å². The molecule has 3 rings (SSSR count). The van der Waals surface area contributed by atoms with Crippen molar-refractivity contribution in [2.45, 2.75) is 63.5 Å². The van der Waals surface area contributed by atoms with Crippen LogP contribution in [0.4, 0.5) is 0 Å². The highest BCUT2D eigenvalue weighted by molar-refractivity contribution is 5.80. The Morgan fingerprint density at radius 3 is 2.56 bits per heavy atom. The lowest BCUT2D eigenvalue weighted by Gasteiger charge is -2.34. The van der Waals surface area contributed by atoms with Crippen molar-refractivity contribution < 1.29 is 9.15 Å². The third-order valence-corrected chi connectivity index (χ3v) is 5.69. The zero-order valence-electron chi connectivity index (χ0n) is 16.8. The van der Waals surface area contributed by atoms with Gasteiger partial charge in [0, 0.05) is 51.8 Å². The first-order valence-corrected chi connectivity index (χ1v) is 10.6. The minimum Gasteiger partial charge on any atom is -0.469 e. The van der Waals surface area contributed by atoms with E-state index in [2.05, 4.69) is 15.5 Å². The molecule has 1 aromatic rings. The summed E-state index contributed by atoms with van der Waals surface area (Å²) in [4.78, 5) is 7.35. The second kappa shape index (κ2) is 11.3. The number of hydrogen-bond acceptors (Lipinski definition) is 4. The summed E-state index contributed by atoms with van der Waals surface area (Å²) >= 11 is 0. The number of piperidine rings is 1. The molecule has 1 saturated heterocycles. The van der Waals surface area contributed by atoms with Gasteiger partial charge in [0.2, 0.25) is 0 Å². The van der Waals surface area contributed by atoms with Crippen LogP contribution in [-0.2, 0) is 11.2 Å². The molecular weight excluding hydrogens is 340 g/mol. The predicted octanol–water partition coefficient (Wildman–Crippen LogP) is 2.80. The summed E-state index contributed by atoms with van der Waals surface area (Å²) in [6.45, 7) is 4.87. The van der Waals surface area contributed by atoms with Crippen molar-refractivity contribution in [2.24, 2.45) is 4.99 Å². The van der Waals surface area contributed by atoms with Crippen molar-refractivity contribution in [3.8, 4) is 0 Å². The van der Waals surface area contributed by atoms with Crippen LogP contribution in [0.1, 0.15) is 50.7 Å². The second-order valence-corrected chi connectivity index (χ2v) is 7.79. The van der Waals surface area contributed by atoms with E-state index in [1.807, 2.05) is 12.1 Å². The zero-order valence-corrected chi connectivity index (χ0v) is 16.8. The van der Waals surface area contributed by atoms with Crippen LogP contribution < -0.4 is 10.6 Å². The lowest BCUT2D eigenvalue weighted by molar-refractivity contribution is 0.128. The van der Waals surface area contributed by atoms with Crippen molar-refractivity contribution in [2.75, 3.05) is 39.9 Å². The first kappa shape index (κ1) is 20.2. The summed E-state index contributed by atoms with van der Waals surface area (Å²) in [5, 5.41) is 7.41. The summed E-state index contributed by atoms with van der Waals surface area (Å²) in [6, 6.07) is 5.03. The second-order valence-electron chi connectivity index (χ2n) is 7.79. The number of likely N-dealkylation sites (tertiary alicyclic amines) is 1. The number of hydrogen-bond donors (Lipinski definition) is 2. The molecule has 1 saturated carbocycles. The average Bonchev–Trinajstić information content (AvgIpc) is 3.22. The largest absolute Gasteiger partial charge is 0.469 e. The third-order valence-electron chi connectivity index (χ3n) is 5.69. The van der Waals surface area contributed by atoms with Gasteiger partial charge in [0.15, 0.2) is 5.96 Å². The van der Waals surface area contributed by atoms with Gasteiger partial charge in [0.1, 0.15) is 5.76 Å². The smallest absolute Gasteiger partial charge is 0.191 e. The third kappa shape index (κ3) is 7.18. The van der Waals surface area contributed by atoms with Crippen LogP contribution in [0.3, 0.4) is 0 Å². The number of methoxy groups -OCH3 is 1. The number of nitrogens with zero attached hydrogens (tertiary/aromatic N) is 2. The quantitative estimate of drug-likeness (QED) is 0.540. The fourth-order valence-corrected chi connectivity index (χ4v) is 4.02. The standard InChI is InChI=1S/C21H36N4O2/c1-26-17-15-25-13-10-19(11-14-25)24-21(23-18-6-3-2-4-7-18)22-12-9-20-8-5-16-27-20/h5,8,16,18-19H,2-4,6-7,9-15,17H2,1H3,(H2,22,23,24). The van der Waals surface area contributed by atoms with E-state index in [9.17, 15) is 0 Å². The molecule has 27 heavy (non-hydrogen) atoms. The fourth-order valence-electron chi connectivity index (χ4n) is 4.02. The highest BCUT2D eigenvalue weighted by Gasteiger charge is 2.21. The van der Waals surface area contributed by atoms with Crippen molar-refractivity contribution in [1.29, 1.82) is 0 Å². The molecule has 152 valence electrons. The maximum Gasteiger partial charge on any atom is 0.191 e. The molecule has 2 aliphatic rings. The minimum atomic E-state index is 0.502. The van der Waals surface area contributed by atoms with E-state index in [0.29, 0.717) is 12.1 Å². The normalized spacial score (nSPS) is 20.7. The van der Waals surface area contributed by atoms with Gasteiger partial charge in [-0.2, -0.15) is 0 Å². The van der Waals surface area contributed by atoms with Gasteiger partial charge >= 0.3 is 0 Å². The van der Waals surface area contributed by atoms with Gasteiger partial charge in [-0.05, 0) is 37.8 Å². The zero-order chi connectivity index (χ0) is 18.7. The Hall–Kier alpha value is -1.53. The highest BCUT2D eigenvalue weighted by Crippen LogP contribution is 2.17. The number of guanidine groups is 1. The van der Waals surface area contributed by atoms with Crippen LogP contribution in [0, 0.1) is 0 Å². The van der Waals surface area contributed by atoms with Crippen molar-refractivity contribution in [1.82, 2.24) is 15.5 Å². The summed E-state index contributed by atoms with van der Waals surface area (Å²) < 4.78 is 10.6. The predicted molar refractivity (Wildman–Crippen MR) is 109 cm³/mol. The lowest BCUT2D eigenvalue weighted by atomic mass is 9.95. The molecule has 0 aromatic carbocycles. The Kier molecular flexibility index (Phi) is 8.49. The van der Waals surface area contributed by atoms with Gasteiger partial charge in [0.05, 0.1) is 12.9 Å². The van der Waals surface area contributed by atoms with Crippen LogP contribution >= 0.6 is 0 Å². The molecule has 0 unspecified atom stereocenters. The molecule has 6 heteroatoms. The Morgan fingerprint density at radius 1 is 1.15 bits per heavy atom. The van der Waals surface area contributed by atoms with E-state index in [4.69, 9.17) is 14.1 Å². The van der Waals surface area contributed by atoms with Crippen molar-refractivity contribution in [3.63, 3.8) is 0 Å². The molecule has 6 nitrogen and oxygen atoms in total. The van der Waals surface area contributed by atoms with E-state index in [-0.39, 0.29) is 0 Å². The van der Waals surface area contributed by atoms with Gasteiger partial charge in [-0.3, -0.25) is 4.99 Å². The molecule has 1 aromatic heterocycles. The molecule has 0 amide bonds. The van der Waals surface area contributed by atoms with Crippen molar-refractivity contribution >= 4 is 5.96 Å². The summed E-state index contributed by atoms with van der Waals surface area (Å²) in [5.41, 5.74) is 0. The monoisotopic (exact) mass is 376 g/mol. The molecule has 2 heterocycles. The van der Waals surface area contributed by atoms with Gasteiger partial charge in [0.25, 0.3) is 0 Å². The summed E-state index contributed by atoms with van der Waals surface area (Å²) in [6.07, 6.45) is 11.4. The molecule has 0 bridgehead atoms. The van der Waals surface area contributed by atoms with Crippen LogP contribution in [0.15, 0.2) is 27.8 Å². The van der Waals surface area contributed by atoms with Crippen molar-refractivity contribution in [3.05, 3.63) is 24.2 Å². The Labute approximate surface area is 163 Å². The maximum absolute atomic E-state index is 5.43. The lowest BCUT2D eigenvalue weighted by Crippen LogP contribution is -2.51. The topological polar surface area (TPSA) is 62.0 Å². The molecule has 1 aliphatic carbocycles. The SMILES string of the molecule is COCCN1CCC(NC(=NCCc2ccco2)NC2CCCCC2)CC1. The van der Waals surface area contributed by atoms with Gasteiger partial charge in [-0.25, -0.2) is 0 Å².